The number of nitrogens with one attached hydrogen (secondary N) is 1. The van der Waals surface area contributed by atoms with Crippen molar-refractivity contribution < 1.29 is 24.1 Å². The van der Waals surface area contributed by atoms with Crippen molar-refractivity contribution in [1.29, 1.82) is 0 Å². The van der Waals surface area contributed by atoms with Gasteiger partial charge in [-0.1, -0.05) is 6.07 Å². The topological polar surface area (TPSA) is 85.3 Å². The van der Waals surface area contributed by atoms with Crippen LogP contribution in [0.15, 0.2) is 24.3 Å². The smallest absolute Gasteiger partial charge is 0.251 e. The minimum absolute atomic E-state index is 0. The van der Waals surface area contributed by atoms with Gasteiger partial charge in [-0.15, -0.1) is 24.8 Å². The number of carbonyl (C=O) groups is 1. The number of amides is 1. The van der Waals surface area contributed by atoms with Crippen LogP contribution in [0.25, 0.3) is 0 Å². The lowest BCUT2D eigenvalue weighted by Gasteiger charge is -2.39. The molecule has 28 heavy (non-hydrogen) atoms. The summed E-state index contributed by atoms with van der Waals surface area (Å²) in [6.07, 6.45) is -1.93. The quantitative estimate of drug-likeness (QED) is 0.604. The molecule has 0 aliphatic carbocycles. The van der Waals surface area contributed by atoms with Crippen LogP contribution < -0.4 is 5.32 Å². The molecule has 2 fully saturated rings. The second-order valence-corrected chi connectivity index (χ2v) is 6.94. The molecule has 7 nitrogen and oxygen atoms in total. The number of halogens is 3. The highest BCUT2D eigenvalue weighted by Crippen LogP contribution is 2.26. The van der Waals surface area contributed by atoms with Gasteiger partial charge < -0.3 is 25.2 Å². The highest BCUT2D eigenvalue weighted by molar-refractivity contribution is 5.94. The molecule has 1 aromatic rings. The molecule has 160 valence electrons. The zero-order valence-corrected chi connectivity index (χ0v) is 17.3. The molecule has 0 aromatic heterocycles. The number of benzene rings is 1. The maximum atomic E-state index is 13.3. The van der Waals surface area contributed by atoms with Crippen molar-refractivity contribution in [3.05, 3.63) is 35.6 Å². The molecule has 0 bridgehead atoms. The SMILES string of the molecule is CN1CCN([C@@H]2[C@H](O)[C@H](CO)O[C@@H]2CNC(=O)c2cccc(F)c2)CC1.Cl.Cl. The van der Waals surface area contributed by atoms with E-state index >= 15 is 0 Å². The number of piperazine rings is 1. The first-order chi connectivity index (χ1) is 12.5. The molecule has 3 N–H and O–H groups in total. The van der Waals surface area contributed by atoms with Crippen molar-refractivity contribution in [2.75, 3.05) is 46.4 Å². The van der Waals surface area contributed by atoms with Gasteiger partial charge in [-0.05, 0) is 25.2 Å². The first-order valence-corrected chi connectivity index (χ1v) is 8.90. The number of likely N-dealkylation sites (N-methyl/N-ethyl adjacent to an activating group) is 1. The monoisotopic (exact) mass is 439 g/mol. The van der Waals surface area contributed by atoms with Crippen molar-refractivity contribution in [2.24, 2.45) is 0 Å². The molecule has 0 radical (unpaired) electrons. The van der Waals surface area contributed by atoms with Crippen LogP contribution in [-0.4, -0.2) is 96.7 Å². The minimum Gasteiger partial charge on any atom is -0.394 e. The lowest BCUT2D eigenvalue weighted by Crippen LogP contribution is -2.56. The van der Waals surface area contributed by atoms with Crippen molar-refractivity contribution in [2.45, 2.75) is 24.4 Å². The van der Waals surface area contributed by atoms with Gasteiger partial charge in [-0.2, -0.15) is 0 Å². The third-order valence-electron chi connectivity index (χ3n) is 5.15. The van der Waals surface area contributed by atoms with Gasteiger partial charge in [0.15, 0.2) is 0 Å². The molecule has 2 saturated heterocycles. The van der Waals surface area contributed by atoms with Crippen LogP contribution >= 0.6 is 24.8 Å². The Labute approximate surface area is 176 Å². The summed E-state index contributed by atoms with van der Waals surface area (Å²) in [5, 5.41) is 22.8. The molecule has 0 unspecified atom stereocenters. The van der Waals surface area contributed by atoms with Gasteiger partial charge in [-0.25, -0.2) is 4.39 Å². The standard InChI is InChI=1S/C18H26FN3O4.2ClH/c1-21-5-7-22(8-6-21)16-14(26-15(11-23)17(16)24)10-20-18(25)12-3-2-4-13(19)9-12;;/h2-4,9,14-17,23-24H,5-8,10-11H2,1H3,(H,20,25);2*1H/t14-,15+,16+,17-;;/m1../s1. The van der Waals surface area contributed by atoms with E-state index in [1.165, 1.54) is 24.3 Å². The largest absolute Gasteiger partial charge is 0.394 e. The molecule has 2 aliphatic rings. The first-order valence-electron chi connectivity index (χ1n) is 8.90. The normalized spacial score (nSPS) is 28.3. The summed E-state index contributed by atoms with van der Waals surface area (Å²) in [6.45, 7) is 3.24. The van der Waals surface area contributed by atoms with Crippen LogP contribution in [0.5, 0.6) is 0 Å². The summed E-state index contributed by atoms with van der Waals surface area (Å²) in [4.78, 5) is 16.6. The lowest BCUT2D eigenvalue weighted by molar-refractivity contribution is -0.0209. The molecule has 1 amide bonds. The van der Waals surface area contributed by atoms with E-state index in [1.54, 1.807) is 0 Å². The molecule has 10 heteroatoms. The molecule has 4 atom stereocenters. The first kappa shape index (κ1) is 25.0. The van der Waals surface area contributed by atoms with Gasteiger partial charge in [0.05, 0.1) is 18.8 Å². The fourth-order valence-corrected chi connectivity index (χ4v) is 3.64. The van der Waals surface area contributed by atoms with Crippen LogP contribution in [0.3, 0.4) is 0 Å². The molecular weight excluding hydrogens is 412 g/mol. The average Bonchev–Trinajstić information content (AvgIpc) is 2.96. The Morgan fingerprint density at radius 2 is 1.93 bits per heavy atom. The number of aliphatic hydroxyl groups is 2. The molecule has 2 heterocycles. The average molecular weight is 440 g/mol. The molecule has 2 aliphatic heterocycles. The summed E-state index contributed by atoms with van der Waals surface area (Å²) in [5.74, 6) is -0.868. The number of ether oxygens (including phenoxy) is 1. The van der Waals surface area contributed by atoms with Crippen LogP contribution in [-0.2, 0) is 4.74 Å². The Bertz CT molecular complexity index is 635. The molecule has 3 rings (SSSR count). The number of rotatable bonds is 5. The third kappa shape index (κ3) is 5.76. The van der Waals surface area contributed by atoms with Gasteiger partial charge in [0.1, 0.15) is 18.0 Å². The van der Waals surface area contributed by atoms with E-state index in [4.69, 9.17) is 4.74 Å². The number of nitrogens with zero attached hydrogens (tertiary/aromatic N) is 2. The van der Waals surface area contributed by atoms with E-state index in [2.05, 4.69) is 15.1 Å². The van der Waals surface area contributed by atoms with Crippen molar-refractivity contribution >= 4 is 30.7 Å². The number of hydrogen-bond donors (Lipinski definition) is 3. The van der Waals surface area contributed by atoms with Gasteiger partial charge in [0, 0.05) is 38.3 Å². The fourth-order valence-electron chi connectivity index (χ4n) is 3.64. The Hall–Kier alpha value is -1.00. The Kier molecular flexibility index (Phi) is 10.1. The van der Waals surface area contributed by atoms with Crippen LogP contribution in [0.1, 0.15) is 10.4 Å². The number of hydrogen-bond acceptors (Lipinski definition) is 6. The van der Waals surface area contributed by atoms with Crippen molar-refractivity contribution in [3.8, 4) is 0 Å². The molecule has 0 saturated carbocycles. The van der Waals surface area contributed by atoms with Crippen molar-refractivity contribution in [3.63, 3.8) is 0 Å². The predicted octanol–water partition coefficient (Wildman–Crippen LogP) is 0.136. The van der Waals surface area contributed by atoms with Gasteiger partial charge in [0.2, 0.25) is 0 Å². The third-order valence-corrected chi connectivity index (χ3v) is 5.15. The van der Waals surface area contributed by atoms with Crippen LogP contribution in [0.2, 0.25) is 0 Å². The summed E-state index contributed by atoms with van der Waals surface area (Å²) in [6, 6.07) is 5.18. The zero-order valence-electron chi connectivity index (χ0n) is 15.7. The van der Waals surface area contributed by atoms with Crippen LogP contribution in [0.4, 0.5) is 4.39 Å². The Morgan fingerprint density at radius 1 is 1.25 bits per heavy atom. The highest BCUT2D eigenvalue weighted by Gasteiger charge is 2.46. The summed E-state index contributed by atoms with van der Waals surface area (Å²) < 4.78 is 19.1. The van der Waals surface area contributed by atoms with Crippen LogP contribution in [0, 0.1) is 5.82 Å². The van der Waals surface area contributed by atoms with E-state index in [0.29, 0.717) is 0 Å². The summed E-state index contributed by atoms with van der Waals surface area (Å²) in [7, 11) is 2.05. The number of aliphatic hydroxyl groups excluding tert-OH is 2. The zero-order chi connectivity index (χ0) is 18.7. The minimum atomic E-state index is -0.820. The maximum Gasteiger partial charge on any atom is 0.251 e. The lowest BCUT2D eigenvalue weighted by atomic mass is 10.0. The van der Waals surface area contributed by atoms with E-state index in [1.807, 2.05) is 7.05 Å². The second kappa shape index (κ2) is 11.3. The summed E-state index contributed by atoms with van der Waals surface area (Å²) in [5.41, 5.74) is 0.235. The molecule has 1 aromatic carbocycles. The summed E-state index contributed by atoms with van der Waals surface area (Å²) >= 11 is 0. The van der Waals surface area contributed by atoms with E-state index in [0.717, 1.165) is 26.2 Å². The fraction of sp³-hybridized carbons (Fsp3) is 0.611. The van der Waals surface area contributed by atoms with Crippen molar-refractivity contribution in [1.82, 2.24) is 15.1 Å². The Morgan fingerprint density at radius 3 is 2.54 bits per heavy atom. The second-order valence-electron chi connectivity index (χ2n) is 6.94. The van der Waals surface area contributed by atoms with E-state index in [-0.39, 0.29) is 49.6 Å². The van der Waals surface area contributed by atoms with E-state index in [9.17, 15) is 19.4 Å². The van der Waals surface area contributed by atoms with Gasteiger partial charge in [-0.3, -0.25) is 9.69 Å². The Balaban J connectivity index is 0.00000196. The van der Waals surface area contributed by atoms with Gasteiger partial charge in [0.25, 0.3) is 5.91 Å². The van der Waals surface area contributed by atoms with E-state index < -0.39 is 30.0 Å². The predicted molar refractivity (Wildman–Crippen MR) is 108 cm³/mol. The number of carbonyl (C=O) groups excluding carboxylic acids is 1. The maximum absolute atomic E-state index is 13.3. The highest BCUT2D eigenvalue weighted by atomic mass is 35.5. The molecular formula is C18H28Cl2FN3O4. The molecule has 0 spiro atoms. The van der Waals surface area contributed by atoms with Gasteiger partial charge >= 0.3 is 0 Å².